The van der Waals surface area contributed by atoms with Gasteiger partial charge < -0.3 is 9.26 Å². The van der Waals surface area contributed by atoms with E-state index in [1.165, 1.54) is 6.20 Å². The molecule has 0 radical (unpaired) electrons. The average Bonchev–Trinajstić information content (AvgIpc) is 2.95. The Morgan fingerprint density at radius 3 is 2.52 bits per heavy atom. The first-order chi connectivity index (χ1) is 10.2. The van der Waals surface area contributed by atoms with E-state index < -0.39 is 0 Å². The second-order valence-corrected chi connectivity index (χ2v) is 4.26. The van der Waals surface area contributed by atoms with E-state index >= 15 is 0 Å². The first-order valence-corrected chi connectivity index (χ1v) is 6.19. The van der Waals surface area contributed by atoms with Crippen LogP contribution in [0.15, 0.2) is 47.1 Å². The molecule has 3 rings (SSSR count). The Labute approximate surface area is 120 Å². The summed E-state index contributed by atoms with van der Waals surface area (Å²) >= 11 is 0. The van der Waals surface area contributed by atoms with Crippen LogP contribution in [0.3, 0.4) is 0 Å². The molecule has 3 aromatic rings. The van der Waals surface area contributed by atoms with Crippen LogP contribution in [-0.2, 0) is 0 Å². The molecule has 0 fully saturated rings. The van der Waals surface area contributed by atoms with Crippen LogP contribution in [0.4, 0.5) is 0 Å². The Bertz CT molecular complexity index is 786. The van der Waals surface area contributed by atoms with Gasteiger partial charge in [0.25, 0.3) is 0 Å². The monoisotopic (exact) mass is 278 g/mol. The van der Waals surface area contributed by atoms with Crippen molar-refractivity contribution in [3.8, 4) is 29.1 Å². The third-order valence-electron chi connectivity index (χ3n) is 2.73. The third-order valence-corrected chi connectivity index (χ3v) is 2.73. The zero-order chi connectivity index (χ0) is 14.7. The van der Waals surface area contributed by atoms with Crippen molar-refractivity contribution < 1.29 is 9.26 Å². The second-order valence-electron chi connectivity index (χ2n) is 4.26. The summed E-state index contributed by atoms with van der Waals surface area (Å²) in [4.78, 5) is 8.20. The van der Waals surface area contributed by atoms with Gasteiger partial charge in [0.1, 0.15) is 11.8 Å². The quantitative estimate of drug-likeness (QED) is 0.731. The van der Waals surface area contributed by atoms with Crippen LogP contribution in [0.5, 0.6) is 11.6 Å². The largest absolute Gasteiger partial charge is 0.439 e. The standard InChI is InChI=1S/C15H10N4O2/c1-10-18-15(19-21-10)12-3-5-13(6-4-12)20-14-7-2-11(8-16)9-17-14/h2-7,9H,1H3. The van der Waals surface area contributed by atoms with Gasteiger partial charge in [-0.25, -0.2) is 4.98 Å². The maximum atomic E-state index is 8.71. The molecule has 0 aliphatic rings. The number of hydrogen-bond acceptors (Lipinski definition) is 6. The zero-order valence-electron chi connectivity index (χ0n) is 11.1. The van der Waals surface area contributed by atoms with Crippen molar-refractivity contribution in [2.24, 2.45) is 0 Å². The van der Waals surface area contributed by atoms with Gasteiger partial charge in [-0.15, -0.1) is 0 Å². The topological polar surface area (TPSA) is 84.8 Å². The predicted octanol–water partition coefficient (Wildman–Crippen LogP) is 3.10. The molecule has 0 spiro atoms. The molecular formula is C15H10N4O2. The van der Waals surface area contributed by atoms with E-state index in [4.69, 9.17) is 14.5 Å². The van der Waals surface area contributed by atoms with Crippen molar-refractivity contribution in [2.45, 2.75) is 6.92 Å². The molecule has 0 unspecified atom stereocenters. The van der Waals surface area contributed by atoms with Crippen LogP contribution in [0.25, 0.3) is 11.4 Å². The van der Waals surface area contributed by atoms with Crippen molar-refractivity contribution in [2.75, 3.05) is 0 Å². The Morgan fingerprint density at radius 2 is 1.95 bits per heavy atom. The number of nitriles is 1. The molecule has 0 atom stereocenters. The molecular weight excluding hydrogens is 268 g/mol. The van der Waals surface area contributed by atoms with Crippen molar-refractivity contribution in [1.29, 1.82) is 5.26 Å². The fourth-order valence-electron chi connectivity index (χ4n) is 1.72. The summed E-state index contributed by atoms with van der Waals surface area (Å²) in [6.45, 7) is 1.74. The summed E-state index contributed by atoms with van der Waals surface area (Å²) < 4.78 is 10.5. The maximum absolute atomic E-state index is 8.71. The summed E-state index contributed by atoms with van der Waals surface area (Å²) in [6, 6.07) is 12.6. The van der Waals surface area contributed by atoms with Gasteiger partial charge in [0.05, 0.1) is 5.56 Å². The molecule has 6 nitrogen and oxygen atoms in total. The fraction of sp³-hybridized carbons (Fsp3) is 0.0667. The molecule has 0 aliphatic heterocycles. The SMILES string of the molecule is Cc1nc(-c2ccc(Oc3ccc(C#N)cn3)cc2)no1. The Balaban J connectivity index is 1.76. The first kappa shape index (κ1) is 12.8. The number of rotatable bonds is 3. The van der Waals surface area contributed by atoms with E-state index in [0.29, 0.717) is 28.9 Å². The van der Waals surface area contributed by atoms with E-state index in [0.717, 1.165) is 5.56 Å². The summed E-state index contributed by atoms with van der Waals surface area (Å²) in [5.41, 5.74) is 1.33. The van der Waals surface area contributed by atoms with E-state index in [1.54, 1.807) is 31.2 Å². The summed E-state index contributed by atoms with van der Waals surface area (Å²) in [6.07, 6.45) is 1.46. The highest BCUT2D eigenvalue weighted by Crippen LogP contribution is 2.23. The highest BCUT2D eigenvalue weighted by atomic mass is 16.5. The molecule has 21 heavy (non-hydrogen) atoms. The highest BCUT2D eigenvalue weighted by molar-refractivity contribution is 5.55. The molecule has 6 heteroatoms. The molecule has 0 amide bonds. The Hall–Kier alpha value is -3.20. The zero-order valence-corrected chi connectivity index (χ0v) is 11.1. The number of benzene rings is 1. The van der Waals surface area contributed by atoms with Crippen LogP contribution in [0.2, 0.25) is 0 Å². The van der Waals surface area contributed by atoms with Gasteiger partial charge in [-0.3, -0.25) is 0 Å². The van der Waals surface area contributed by atoms with Gasteiger partial charge >= 0.3 is 0 Å². The van der Waals surface area contributed by atoms with Crippen LogP contribution in [-0.4, -0.2) is 15.1 Å². The van der Waals surface area contributed by atoms with E-state index in [9.17, 15) is 0 Å². The van der Waals surface area contributed by atoms with E-state index in [1.807, 2.05) is 18.2 Å². The van der Waals surface area contributed by atoms with E-state index in [2.05, 4.69) is 15.1 Å². The van der Waals surface area contributed by atoms with Crippen molar-refractivity contribution >= 4 is 0 Å². The van der Waals surface area contributed by atoms with Crippen molar-refractivity contribution in [3.63, 3.8) is 0 Å². The third kappa shape index (κ3) is 2.87. The van der Waals surface area contributed by atoms with Gasteiger partial charge in [0, 0.05) is 24.8 Å². The van der Waals surface area contributed by atoms with Gasteiger partial charge in [0.15, 0.2) is 0 Å². The minimum Gasteiger partial charge on any atom is -0.439 e. The van der Waals surface area contributed by atoms with Gasteiger partial charge in [-0.05, 0) is 30.3 Å². The molecule has 102 valence electrons. The molecule has 2 aromatic heterocycles. The number of aromatic nitrogens is 3. The lowest BCUT2D eigenvalue weighted by Crippen LogP contribution is -1.88. The minimum absolute atomic E-state index is 0.428. The predicted molar refractivity (Wildman–Crippen MR) is 73.5 cm³/mol. The highest BCUT2D eigenvalue weighted by Gasteiger charge is 2.06. The van der Waals surface area contributed by atoms with Gasteiger partial charge in [0.2, 0.25) is 17.6 Å². The summed E-state index contributed by atoms with van der Waals surface area (Å²) in [7, 11) is 0. The molecule has 0 N–H and O–H groups in total. The molecule has 0 aliphatic carbocycles. The minimum atomic E-state index is 0.428. The number of nitrogens with zero attached hydrogens (tertiary/aromatic N) is 4. The van der Waals surface area contributed by atoms with Crippen molar-refractivity contribution in [3.05, 3.63) is 54.0 Å². The Kier molecular flexibility index (Phi) is 3.31. The van der Waals surface area contributed by atoms with Crippen molar-refractivity contribution in [1.82, 2.24) is 15.1 Å². The lowest BCUT2D eigenvalue weighted by Gasteiger charge is -2.04. The summed E-state index contributed by atoms with van der Waals surface area (Å²) in [5, 5.41) is 12.6. The lowest BCUT2D eigenvalue weighted by molar-refractivity contribution is 0.394. The number of pyridine rings is 1. The second kappa shape index (κ2) is 5.43. The van der Waals surface area contributed by atoms with E-state index in [-0.39, 0.29) is 0 Å². The molecule has 0 saturated carbocycles. The summed E-state index contributed by atoms with van der Waals surface area (Å²) in [5.74, 6) is 2.12. The van der Waals surface area contributed by atoms with Crippen LogP contribution < -0.4 is 4.74 Å². The van der Waals surface area contributed by atoms with Crippen LogP contribution in [0, 0.1) is 18.3 Å². The number of ether oxygens (including phenoxy) is 1. The average molecular weight is 278 g/mol. The number of aryl methyl sites for hydroxylation is 1. The molecule has 2 heterocycles. The lowest BCUT2D eigenvalue weighted by atomic mass is 10.2. The fourth-order valence-corrected chi connectivity index (χ4v) is 1.72. The van der Waals surface area contributed by atoms with Gasteiger partial charge in [-0.2, -0.15) is 10.2 Å². The number of hydrogen-bond donors (Lipinski definition) is 0. The van der Waals surface area contributed by atoms with Gasteiger partial charge in [-0.1, -0.05) is 5.16 Å². The maximum Gasteiger partial charge on any atom is 0.223 e. The Morgan fingerprint density at radius 1 is 1.14 bits per heavy atom. The molecule has 0 saturated heterocycles. The first-order valence-electron chi connectivity index (χ1n) is 6.19. The molecule has 0 bridgehead atoms. The smallest absolute Gasteiger partial charge is 0.223 e. The molecule has 1 aromatic carbocycles. The normalized spacial score (nSPS) is 10.1. The van der Waals surface area contributed by atoms with Crippen LogP contribution in [0.1, 0.15) is 11.5 Å². The van der Waals surface area contributed by atoms with Crippen LogP contribution >= 0.6 is 0 Å².